The lowest BCUT2D eigenvalue weighted by Crippen LogP contribution is -2.31. The summed E-state index contributed by atoms with van der Waals surface area (Å²) in [4.78, 5) is 24.1. The van der Waals surface area contributed by atoms with Gasteiger partial charge in [-0.15, -0.1) is 0 Å². The fourth-order valence-corrected chi connectivity index (χ4v) is 2.65. The molecular weight excluding hydrogens is 366 g/mol. The molecule has 27 heavy (non-hydrogen) atoms. The van der Waals surface area contributed by atoms with E-state index in [9.17, 15) is 9.59 Å². The molecule has 0 spiro atoms. The monoisotopic (exact) mass is 389 g/mol. The number of carbonyl (C=O) groups excluding carboxylic acids is 2. The van der Waals surface area contributed by atoms with E-state index in [4.69, 9.17) is 21.1 Å². The third kappa shape index (κ3) is 6.61. The minimum absolute atomic E-state index is 0.290. The van der Waals surface area contributed by atoms with Crippen molar-refractivity contribution in [2.45, 2.75) is 26.8 Å². The highest BCUT2D eigenvalue weighted by molar-refractivity contribution is 6.31. The maximum Gasteiger partial charge on any atom is 0.338 e. The Kier molecular flexibility index (Phi) is 7.67. The van der Waals surface area contributed by atoms with Gasteiger partial charge in [0.15, 0.2) is 6.61 Å². The van der Waals surface area contributed by atoms with Crippen LogP contribution in [0.5, 0.6) is 5.75 Å². The van der Waals surface area contributed by atoms with Crippen LogP contribution in [-0.2, 0) is 9.53 Å². The molecule has 0 saturated heterocycles. The topological polar surface area (TPSA) is 64.6 Å². The van der Waals surface area contributed by atoms with Crippen molar-refractivity contribution < 1.29 is 19.1 Å². The third-order valence-corrected chi connectivity index (χ3v) is 4.10. The predicted octanol–water partition coefficient (Wildman–Crippen LogP) is 4.41. The molecule has 0 radical (unpaired) electrons. The van der Waals surface area contributed by atoms with Crippen molar-refractivity contribution in [1.82, 2.24) is 5.32 Å². The largest absolute Gasteiger partial charge is 0.493 e. The van der Waals surface area contributed by atoms with Crippen LogP contribution in [-0.4, -0.2) is 25.1 Å². The molecule has 0 aliphatic carbocycles. The highest BCUT2D eigenvalue weighted by Gasteiger charge is 2.15. The first-order chi connectivity index (χ1) is 12.9. The van der Waals surface area contributed by atoms with E-state index in [2.05, 4.69) is 19.2 Å². The van der Waals surface area contributed by atoms with Gasteiger partial charge in [0.05, 0.1) is 18.2 Å². The second-order valence-corrected chi connectivity index (χ2v) is 7.02. The van der Waals surface area contributed by atoms with Crippen LogP contribution in [0.2, 0.25) is 5.02 Å². The molecule has 0 saturated carbocycles. The molecule has 0 aliphatic heterocycles. The molecule has 2 aromatic carbocycles. The van der Waals surface area contributed by atoms with Crippen molar-refractivity contribution in [3.05, 3.63) is 64.7 Å². The number of benzene rings is 2. The first-order valence-electron chi connectivity index (χ1n) is 8.80. The average Bonchev–Trinajstić information content (AvgIpc) is 2.65. The van der Waals surface area contributed by atoms with Gasteiger partial charge in [0, 0.05) is 5.02 Å². The molecule has 0 fully saturated rings. The summed E-state index contributed by atoms with van der Waals surface area (Å²) in [6, 6.07) is 13.6. The molecule has 144 valence electrons. The smallest absolute Gasteiger partial charge is 0.338 e. The molecule has 2 rings (SSSR count). The Balaban J connectivity index is 1.82. The van der Waals surface area contributed by atoms with E-state index in [1.165, 1.54) is 0 Å². The summed E-state index contributed by atoms with van der Waals surface area (Å²) < 4.78 is 10.6. The standard InChI is InChI=1S/C21H24ClNO4/c1-14(2)12-26-17-10-8-16(9-11-17)21(25)27-13-20(24)23-15(3)18-6-4-5-7-19(18)22/h4-11,14-15H,12-13H2,1-3H3,(H,23,24)/t15-/m1/s1. The number of amides is 1. The molecule has 1 amide bonds. The average molecular weight is 390 g/mol. The van der Waals surface area contributed by atoms with E-state index < -0.39 is 11.9 Å². The number of rotatable bonds is 8. The molecule has 1 atom stereocenters. The maximum atomic E-state index is 12.1. The quantitative estimate of drug-likeness (QED) is 0.679. The van der Waals surface area contributed by atoms with Crippen LogP contribution in [0.3, 0.4) is 0 Å². The summed E-state index contributed by atoms with van der Waals surface area (Å²) in [6.45, 7) is 6.18. The van der Waals surface area contributed by atoms with Gasteiger partial charge in [-0.3, -0.25) is 4.79 Å². The number of esters is 1. The van der Waals surface area contributed by atoms with Gasteiger partial charge in [0.25, 0.3) is 5.91 Å². The van der Waals surface area contributed by atoms with Crippen molar-refractivity contribution in [1.29, 1.82) is 0 Å². The Morgan fingerprint density at radius 2 is 1.70 bits per heavy atom. The van der Waals surface area contributed by atoms with E-state index in [0.717, 1.165) is 5.56 Å². The van der Waals surface area contributed by atoms with Crippen LogP contribution in [0.4, 0.5) is 0 Å². The summed E-state index contributed by atoms with van der Waals surface area (Å²) in [5.41, 5.74) is 1.16. The van der Waals surface area contributed by atoms with E-state index >= 15 is 0 Å². The molecule has 0 aliphatic rings. The van der Waals surface area contributed by atoms with Gasteiger partial charge in [0.2, 0.25) is 0 Å². The lowest BCUT2D eigenvalue weighted by molar-refractivity contribution is -0.124. The van der Waals surface area contributed by atoms with Crippen LogP contribution in [0.15, 0.2) is 48.5 Å². The number of hydrogen-bond donors (Lipinski definition) is 1. The third-order valence-electron chi connectivity index (χ3n) is 3.76. The summed E-state index contributed by atoms with van der Waals surface area (Å²) >= 11 is 6.12. The van der Waals surface area contributed by atoms with Gasteiger partial charge >= 0.3 is 5.97 Å². The Labute approximate surface area is 164 Å². The molecular formula is C21H24ClNO4. The molecule has 0 aromatic heterocycles. The highest BCUT2D eigenvalue weighted by Crippen LogP contribution is 2.22. The van der Waals surface area contributed by atoms with Crippen LogP contribution in [0.1, 0.15) is 42.7 Å². The minimum Gasteiger partial charge on any atom is -0.493 e. The zero-order valence-electron chi connectivity index (χ0n) is 15.7. The summed E-state index contributed by atoms with van der Waals surface area (Å²) in [7, 11) is 0. The van der Waals surface area contributed by atoms with Gasteiger partial charge in [-0.1, -0.05) is 43.6 Å². The molecule has 0 unspecified atom stereocenters. The second kappa shape index (κ2) is 9.97. The van der Waals surface area contributed by atoms with Gasteiger partial charge in [-0.2, -0.15) is 0 Å². The van der Waals surface area contributed by atoms with Crippen molar-refractivity contribution in [3.8, 4) is 5.75 Å². The normalized spacial score (nSPS) is 11.7. The fraction of sp³-hybridized carbons (Fsp3) is 0.333. The summed E-state index contributed by atoms with van der Waals surface area (Å²) in [6.07, 6.45) is 0. The Morgan fingerprint density at radius 3 is 2.33 bits per heavy atom. The van der Waals surface area contributed by atoms with E-state index in [1.54, 1.807) is 30.3 Å². The number of ether oxygens (including phenoxy) is 2. The molecule has 2 aromatic rings. The summed E-state index contributed by atoms with van der Waals surface area (Å²) in [5, 5.41) is 3.33. The zero-order valence-corrected chi connectivity index (χ0v) is 16.5. The van der Waals surface area contributed by atoms with Gasteiger partial charge in [0.1, 0.15) is 5.75 Å². The highest BCUT2D eigenvalue weighted by atomic mass is 35.5. The van der Waals surface area contributed by atoms with Gasteiger partial charge in [-0.05, 0) is 48.7 Å². The maximum absolute atomic E-state index is 12.1. The zero-order chi connectivity index (χ0) is 19.8. The number of carbonyl (C=O) groups is 2. The van der Waals surface area contributed by atoms with Crippen LogP contribution < -0.4 is 10.1 Å². The Hall–Kier alpha value is -2.53. The van der Waals surface area contributed by atoms with Crippen molar-refractivity contribution >= 4 is 23.5 Å². The molecule has 1 N–H and O–H groups in total. The van der Waals surface area contributed by atoms with Gasteiger partial charge in [-0.25, -0.2) is 4.79 Å². The fourth-order valence-electron chi connectivity index (χ4n) is 2.35. The van der Waals surface area contributed by atoms with E-state index in [-0.39, 0.29) is 12.6 Å². The Bertz CT molecular complexity index is 774. The van der Waals surface area contributed by atoms with Crippen molar-refractivity contribution in [2.24, 2.45) is 5.92 Å². The predicted molar refractivity (Wildman–Crippen MR) is 105 cm³/mol. The van der Waals surface area contributed by atoms with Gasteiger partial charge < -0.3 is 14.8 Å². The van der Waals surface area contributed by atoms with Crippen LogP contribution >= 0.6 is 11.6 Å². The molecule has 0 bridgehead atoms. The van der Waals surface area contributed by atoms with Crippen LogP contribution in [0, 0.1) is 5.92 Å². The van der Waals surface area contributed by atoms with Crippen LogP contribution in [0.25, 0.3) is 0 Å². The molecule has 5 nitrogen and oxygen atoms in total. The number of nitrogens with one attached hydrogen (secondary N) is 1. The van der Waals surface area contributed by atoms with Crippen molar-refractivity contribution in [2.75, 3.05) is 13.2 Å². The molecule has 0 heterocycles. The second-order valence-electron chi connectivity index (χ2n) is 6.62. The Morgan fingerprint density at radius 1 is 1.04 bits per heavy atom. The van der Waals surface area contributed by atoms with E-state index in [1.807, 2.05) is 25.1 Å². The molecule has 6 heteroatoms. The van der Waals surface area contributed by atoms with Crippen molar-refractivity contribution in [3.63, 3.8) is 0 Å². The number of hydrogen-bond acceptors (Lipinski definition) is 4. The lowest BCUT2D eigenvalue weighted by atomic mass is 10.1. The first-order valence-corrected chi connectivity index (χ1v) is 9.18. The van der Waals surface area contributed by atoms with E-state index in [0.29, 0.717) is 28.9 Å². The summed E-state index contributed by atoms with van der Waals surface area (Å²) in [5.74, 6) is 0.145. The minimum atomic E-state index is -0.564. The SMILES string of the molecule is CC(C)COc1ccc(C(=O)OCC(=O)N[C@H](C)c2ccccc2Cl)cc1. The lowest BCUT2D eigenvalue weighted by Gasteiger charge is -2.15. The number of halogens is 1. The first kappa shape index (κ1) is 20.8.